The molecule has 5 rings (SSSR count). The zero-order valence-corrected chi connectivity index (χ0v) is 23.4. The molecule has 6 nitrogen and oxygen atoms in total. The largest absolute Gasteiger partial charge is 0.490 e. The first-order valence-electron chi connectivity index (χ1n) is 13.7. The van der Waals surface area contributed by atoms with Gasteiger partial charge in [0, 0.05) is 36.1 Å². The van der Waals surface area contributed by atoms with Gasteiger partial charge in [-0.25, -0.2) is 13.8 Å². The summed E-state index contributed by atoms with van der Waals surface area (Å²) in [4.78, 5) is 12.7. The molecule has 2 N–H and O–H groups in total. The number of rotatable bonds is 8. The molecule has 0 radical (unpaired) electrons. The van der Waals surface area contributed by atoms with Crippen LogP contribution in [-0.2, 0) is 24.2 Å². The summed E-state index contributed by atoms with van der Waals surface area (Å²) in [7, 11) is 0. The Morgan fingerprint density at radius 3 is 2.35 bits per heavy atom. The third-order valence-corrected chi connectivity index (χ3v) is 8.01. The van der Waals surface area contributed by atoms with E-state index in [1.807, 2.05) is 38.2 Å². The number of pyridine rings is 1. The Morgan fingerprint density at radius 1 is 1.05 bits per heavy atom. The second kappa shape index (κ2) is 12.8. The van der Waals surface area contributed by atoms with Crippen molar-refractivity contribution in [1.29, 1.82) is 0 Å². The SMILES string of the molecule is Cc1cc(OC2CC(C(C)CO)C2)cc(C)c1-c1cc(COc2cc3c(cn2)CC(C)C3)c(F)cc1F.O=CO. The molecule has 2 unspecified atom stereocenters. The molecule has 0 spiro atoms. The summed E-state index contributed by atoms with van der Waals surface area (Å²) >= 11 is 0. The van der Waals surface area contributed by atoms with Gasteiger partial charge in [-0.2, -0.15) is 0 Å². The molecule has 40 heavy (non-hydrogen) atoms. The van der Waals surface area contributed by atoms with Crippen LogP contribution < -0.4 is 9.47 Å². The molecule has 1 saturated carbocycles. The van der Waals surface area contributed by atoms with Crippen molar-refractivity contribution < 1.29 is 33.3 Å². The maximum atomic E-state index is 15.0. The van der Waals surface area contributed by atoms with Gasteiger partial charge in [-0.3, -0.25) is 4.79 Å². The second-order valence-electron chi connectivity index (χ2n) is 11.2. The van der Waals surface area contributed by atoms with Crippen molar-refractivity contribution in [2.24, 2.45) is 17.8 Å². The molecule has 0 amide bonds. The highest BCUT2D eigenvalue weighted by Crippen LogP contribution is 2.39. The van der Waals surface area contributed by atoms with E-state index in [2.05, 4.69) is 18.8 Å². The number of benzene rings is 2. The van der Waals surface area contributed by atoms with Crippen molar-refractivity contribution in [3.8, 4) is 22.8 Å². The van der Waals surface area contributed by atoms with Crippen molar-refractivity contribution in [2.45, 2.75) is 66.1 Å². The summed E-state index contributed by atoms with van der Waals surface area (Å²) in [6.07, 6.45) is 5.83. The van der Waals surface area contributed by atoms with E-state index in [1.165, 1.54) is 11.1 Å². The molecule has 0 saturated heterocycles. The Bertz CT molecular complexity index is 1330. The lowest BCUT2D eigenvalue weighted by atomic mass is 9.74. The molecule has 2 aliphatic carbocycles. The average Bonchev–Trinajstić information content (AvgIpc) is 3.25. The van der Waals surface area contributed by atoms with Gasteiger partial charge in [0.25, 0.3) is 6.47 Å². The van der Waals surface area contributed by atoms with Crippen LogP contribution in [0.3, 0.4) is 0 Å². The summed E-state index contributed by atoms with van der Waals surface area (Å²) in [5, 5.41) is 16.2. The number of carbonyl (C=O) groups is 1. The monoisotopic (exact) mass is 553 g/mol. The summed E-state index contributed by atoms with van der Waals surface area (Å²) < 4.78 is 41.7. The molecule has 1 aromatic heterocycles. The zero-order valence-electron chi connectivity index (χ0n) is 23.4. The molecule has 0 bridgehead atoms. The summed E-state index contributed by atoms with van der Waals surface area (Å²) in [5.74, 6) is 1.33. The summed E-state index contributed by atoms with van der Waals surface area (Å²) in [6, 6.07) is 8.25. The Kier molecular flexibility index (Phi) is 9.40. The number of hydrogen-bond acceptors (Lipinski definition) is 5. The number of fused-ring (bicyclic) bond motifs is 1. The van der Waals surface area contributed by atoms with Crippen molar-refractivity contribution in [2.75, 3.05) is 6.61 Å². The molecule has 0 aliphatic heterocycles. The highest BCUT2D eigenvalue weighted by atomic mass is 19.1. The lowest BCUT2D eigenvalue weighted by Gasteiger charge is -2.38. The lowest BCUT2D eigenvalue weighted by molar-refractivity contribution is -0.122. The smallest absolute Gasteiger partial charge is 0.290 e. The molecule has 2 aromatic carbocycles. The molecule has 1 fully saturated rings. The predicted octanol–water partition coefficient (Wildman–Crippen LogP) is 6.44. The standard InChI is InChI=1S/C31H35F2NO3.CH2O2/c1-17-5-22-12-30(34-14-23(22)6-17)36-16-24-11-27(29(33)13-28(24)32)31-18(2)7-25(8-19(31)3)37-26-9-21(10-26)20(4)15-35;2-1-3/h7-8,11-14,17,20-21,26,35H,5-6,9-10,15-16H2,1-4H3;1H,(H,2,3). The van der Waals surface area contributed by atoms with Crippen molar-refractivity contribution in [3.05, 3.63) is 76.0 Å². The van der Waals surface area contributed by atoms with Crippen LogP contribution in [0.15, 0.2) is 36.5 Å². The topological polar surface area (TPSA) is 88.9 Å². The highest BCUT2D eigenvalue weighted by molar-refractivity contribution is 5.73. The van der Waals surface area contributed by atoms with Gasteiger partial charge >= 0.3 is 0 Å². The Morgan fingerprint density at radius 2 is 1.70 bits per heavy atom. The normalized spacial score (nSPS) is 20.0. The minimum absolute atomic E-state index is 0.0329. The predicted molar refractivity (Wildman–Crippen MR) is 148 cm³/mol. The number of ether oxygens (including phenoxy) is 2. The van der Waals surface area contributed by atoms with E-state index in [1.54, 1.807) is 6.07 Å². The number of aliphatic hydroxyl groups excluding tert-OH is 1. The van der Waals surface area contributed by atoms with Gasteiger partial charge in [0.1, 0.15) is 24.0 Å². The van der Waals surface area contributed by atoms with E-state index in [9.17, 15) is 9.50 Å². The maximum Gasteiger partial charge on any atom is 0.290 e. The van der Waals surface area contributed by atoms with Gasteiger partial charge in [-0.1, -0.05) is 13.8 Å². The van der Waals surface area contributed by atoms with Crippen molar-refractivity contribution in [1.82, 2.24) is 4.98 Å². The first kappa shape index (κ1) is 29.5. The van der Waals surface area contributed by atoms with Crippen LogP contribution in [0.1, 0.15) is 54.5 Å². The van der Waals surface area contributed by atoms with E-state index in [-0.39, 0.29) is 37.3 Å². The molecule has 2 aliphatic rings. The first-order valence-corrected chi connectivity index (χ1v) is 13.7. The molecule has 8 heteroatoms. The van der Waals surface area contributed by atoms with Crippen molar-refractivity contribution >= 4 is 6.47 Å². The fourth-order valence-electron chi connectivity index (χ4n) is 5.75. The maximum absolute atomic E-state index is 15.0. The molecule has 2 atom stereocenters. The van der Waals surface area contributed by atoms with E-state index >= 15 is 4.39 Å². The quantitative estimate of drug-likeness (QED) is 0.312. The minimum Gasteiger partial charge on any atom is -0.490 e. The number of aliphatic hydroxyl groups is 1. The van der Waals surface area contributed by atoms with Crippen molar-refractivity contribution in [3.63, 3.8) is 0 Å². The van der Waals surface area contributed by atoms with Gasteiger partial charge < -0.3 is 19.7 Å². The van der Waals surface area contributed by atoms with Gasteiger partial charge in [-0.05, 0) is 103 Å². The Labute approximate surface area is 234 Å². The van der Waals surface area contributed by atoms with E-state index in [0.29, 0.717) is 23.3 Å². The van der Waals surface area contributed by atoms with Gasteiger partial charge in [0.2, 0.25) is 5.88 Å². The molecule has 214 valence electrons. The average molecular weight is 554 g/mol. The fraction of sp³-hybridized carbons (Fsp3) is 0.438. The number of aryl methyl sites for hydroxylation is 2. The summed E-state index contributed by atoms with van der Waals surface area (Å²) in [6.45, 7) is 8.02. The van der Waals surface area contributed by atoms with Crippen LogP contribution in [0.5, 0.6) is 11.6 Å². The first-order chi connectivity index (χ1) is 19.1. The molecule has 3 aromatic rings. The van der Waals surface area contributed by atoms with Crippen LogP contribution in [-0.4, -0.2) is 34.4 Å². The minimum atomic E-state index is -0.636. The van der Waals surface area contributed by atoms with Crippen LogP contribution in [0, 0.1) is 43.2 Å². The third-order valence-electron chi connectivity index (χ3n) is 8.01. The van der Waals surface area contributed by atoms with Crippen LogP contribution >= 0.6 is 0 Å². The lowest BCUT2D eigenvalue weighted by Crippen LogP contribution is -2.38. The van der Waals surface area contributed by atoms with Gasteiger partial charge in [0.05, 0.1) is 6.10 Å². The van der Waals surface area contributed by atoms with Crippen LogP contribution in [0.4, 0.5) is 8.78 Å². The van der Waals surface area contributed by atoms with Gasteiger partial charge in [0.15, 0.2) is 0 Å². The number of hydrogen-bond donors (Lipinski definition) is 2. The summed E-state index contributed by atoms with van der Waals surface area (Å²) in [5.41, 5.74) is 5.55. The van der Waals surface area contributed by atoms with Gasteiger partial charge in [-0.15, -0.1) is 0 Å². The van der Waals surface area contributed by atoms with Crippen LogP contribution in [0.25, 0.3) is 11.1 Å². The third kappa shape index (κ3) is 6.61. The number of nitrogens with zero attached hydrogens (tertiary/aromatic N) is 1. The Balaban J connectivity index is 0.00000118. The Hall–Kier alpha value is -3.52. The molecular weight excluding hydrogens is 516 g/mol. The van der Waals surface area contributed by atoms with E-state index < -0.39 is 11.6 Å². The highest BCUT2D eigenvalue weighted by Gasteiger charge is 2.34. The fourth-order valence-corrected chi connectivity index (χ4v) is 5.75. The number of aromatic nitrogens is 1. The van der Waals surface area contributed by atoms with E-state index in [0.717, 1.165) is 54.2 Å². The zero-order chi connectivity index (χ0) is 29.0. The van der Waals surface area contributed by atoms with E-state index in [4.69, 9.17) is 19.4 Å². The molecule has 1 heterocycles. The number of halogens is 2. The van der Waals surface area contributed by atoms with Crippen LogP contribution in [0.2, 0.25) is 0 Å². The molecular formula is C32H37F2NO5. The second-order valence-corrected chi connectivity index (χ2v) is 11.2. The number of carboxylic acid groups (broad SMARTS) is 1.